The van der Waals surface area contributed by atoms with E-state index in [-0.39, 0.29) is 5.91 Å². The van der Waals surface area contributed by atoms with E-state index in [1.165, 1.54) is 18.5 Å². The van der Waals surface area contributed by atoms with Crippen LogP contribution >= 0.6 is 0 Å². The van der Waals surface area contributed by atoms with Gasteiger partial charge in [-0.05, 0) is 38.5 Å². The number of nitrogens with one attached hydrogen (secondary N) is 1. The summed E-state index contributed by atoms with van der Waals surface area (Å²) in [6.45, 7) is 4.17. The van der Waals surface area contributed by atoms with Crippen molar-refractivity contribution >= 4 is 5.91 Å². The topological polar surface area (TPSA) is 63.1 Å². The van der Waals surface area contributed by atoms with E-state index in [0.717, 1.165) is 51.0 Å². The van der Waals surface area contributed by atoms with Gasteiger partial charge in [0.1, 0.15) is 12.2 Å². The first-order chi connectivity index (χ1) is 11.3. The molecule has 0 saturated carbocycles. The third kappa shape index (κ3) is 3.99. The van der Waals surface area contributed by atoms with Gasteiger partial charge in [0.25, 0.3) is 0 Å². The lowest BCUT2D eigenvalue weighted by Crippen LogP contribution is -2.44. The Morgan fingerprint density at radius 3 is 3.13 bits per heavy atom. The monoisotopic (exact) mass is 317 g/mol. The van der Waals surface area contributed by atoms with Crippen molar-refractivity contribution in [2.24, 2.45) is 0 Å². The maximum atomic E-state index is 12.7. The molecule has 0 bridgehead atoms. The molecule has 1 unspecified atom stereocenters. The minimum Gasteiger partial charge on any atom is -0.315 e. The fourth-order valence-electron chi connectivity index (χ4n) is 3.45. The van der Waals surface area contributed by atoms with E-state index in [1.54, 1.807) is 6.33 Å². The van der Waals surface area contributed by atoms with Crippen LogP contribution in [-0.4, -0.2) is 44.7 Å². The highest BCUT2D eigenvalue weighted by Gasteiger charge is 2.22. The van der Waals surface area contributed by atoms with Gasteiger partial charge in [0.2, 0.25) is 5.91 Å². The molecule has 0 radical (unpaired) electrons. The van der Waals surface area contributed by atoms with Crippen molar-refractivity contribution in [1.29, 1.82) is 0 Å². The Morgan fingerprint density at radius 2 is 2.35 bits per heavy atom. The van der Waals surface area contributed by atoms with Crippen LogP contribution in [0.3, 0.4) is 0 Å². The highest BCUT2D eigenvalue weighted by molar-refractivity contribution is 5.80. The Morgan fingerprint density at radius 1 is 1.43 bits per heavy atom. The van der Waals surface area contributed by atoms with E-state index < -0.39 is 0 Å². The maximum Gasteiger partial charge on any atom is 0.240 e. The molecular formula is C17H27N5O. The fourth-order valence-corrected chi connectivity index (χ4v) is 3.45. The number of aromatic nitrogens is 3. The van der Waals surface area contributed by atoms with Crippen LogP contribution in [-0.2, 0) is 17.8 Å². The van der Waals surface area contributed by atoms with E-state index in [1.807, 2.05) is 9.58 Å². The van der Waals surface area contributed by atoms with Crippen molar-refractivity contribution in [2.75, 3.05) is 13.1 Å². The van der Waals surface area contributed by atoms with E-state index in [0.29, 0.717) is 12.6 Å². The lowest BCUT2D eigenvalue weighted by molar-refractivity contribution is -0.128. The normalized spacial score (nSPS) is 20.7. The fraction of sp³-hybridized carbons (Fsp3) is 0.706. The van der Waals surface area contributed by atoms with E-state index in [4.69, 9.17) is 0 Å². The molecule has 3 rings (SSSR count). The standard InChI is InChI=1S/C17H27N5O/c1-2-10-21(15-6-4-3-5-7-15)17(23)11-18-14-8-9-16-19-13-20-22(16)12-14/h6,13-14,18H,2-5,7-12H2,1H3. The molecule has 1 aromatic rings. The van der Waals surface area contributed by atoms with Crippen molar-refractivity contribution in [3.63, 3.8) is 0 Å². The van der Waals surface area contributed by atoms with Crippen molar-refractivity contribution in [3.8, 4) is 0 Å². The van der Waals surface area contributed by atoms with Gasteiger partial charge in [-0.3, -0.25) is 4.79 Å². The SMILES string of the molecule is CCCN(C(=O)CNC1CCc2ncnn2C1)C1=CCCCC1. The molecule has 1 aliphatic carbocycles. The first kappa shape index (κ1) is 16.2. The zero-order valence-corrected chi connectivity index (χ0v) is 14.0. The summed E-state index contributed by atoms with van der Waals surface area (Å²) in [6.07, 6.45) is 11.4. The second kappa shape index (κ2) is 7.73. The molecule has 126 valence electrons. The summed E-state index contributed by atoms with van der Waals surface area (Å²) in [5, 5.41) is 7.66. The first-order valence-electron chi connectivity index (χ1n) is 8.87. The van der Waals surface area contributed by atoms with Crippen LogP contribution in [0.25, 0.3) is 0 Å². The zero-order valence-electron chi connectivity index (χ0n) is 14.0. The summed E-state index contributed by atoms with van der Waals surface area (Å²) in [7, 11) is 0. The molecule has 1 amide bonds. The number of carbonyl (C=O) groups is 1. The lowest BCUT2D eigenvalue weighted by Gasteiger charge is -2.29. The number of rotatable bonds is 6. The number of hydrogen-bond acceptors (Lipinski definition) is 4. The van der Waals surface area contributed by atoms with E-state index in [2.05, 4.69) is 28.4 Å². The third-order valence-electron chi connectivity index (χ3n) is 4.71. The second-order valence-corrected chi connectivity index (χ2v) is 6.46. The van der Waals surface area contributed by atoms with Crippen LogP contribution in [0, 0.1) is 0 Å². The smallest absolute Gasteiger partial charge is 0.240 e. The van der Waals surface area contributed by atoms with Gasteiger partial charge in [-0.25, -0.2) is 9.67 Å². The summed E-state index contributed by atoms with van der Waals surface area (Å²) in [6, 6.07) is 0.303. The second-order valence-electron chi connectivity index (χ2n) is 6.46. The molecule has 0 spiro atoms. The molecule has 0 saturated heterocycles. The lowest BCUT2D eigenvalue weighted by atomic mass is 10.0. The molecule has 6 nitrogen and oxygen atoms in total. The molecule has 1 N–H and O–H groups in total. The number of aryl methyl sites for hydroxylation is 1. The largest absolute Gasteiger partial charge is 0.315 e. The van der Waals surface area contributed by atoms with Crippen LogP contribution in [0.2, 0.25) is 0 Å². The number of amides is 1. The molecule has 1 aromatic heterocycles. The molecule has 0 fully saturated rings. The van der Waals surface area contributed by atoms with Gasteiger partial charge in [0.15, 0.2) is 0 Å². The summed E-state index contributed by atoms with van der Waals surface area (Å²) in [5.74, 6) is 1.25. The van der Waals surface area contributed by atoms with Gasteiger partial charge in [-0.2, -0.15) is 5.10 Å². The van der Waals surface area contributed by atoms with Gasteiger partial charge < -0.3 is 10.2 Å². The molecule has 0 aromatic carbocycles. The van der Waals surface area contributed by atoms with Gasteiger partial charge in [-0.15, -0.1) is 0 Å². The quantitative estimate of drug-likeness (QED) is 0.870. The highest BCUT2D eigenvalue weighted by atomic mass is 16.2. The minimum atomic E-state index is 0.199. The summed E-state index contributed by atoms with van der Waals surface area (Å²) >= 11 is 0. The third-order valence-corrected chi connectivity index (χ3v) is 4.71. The number of allylic oxidation sites excluding steroid dienone is 2. The number of nitrogens with zero attached hydrogens (tertiary/aromatic N) is 4. The van der Waals surface area contributed by atoms with Crippen molar-refractivity contribution in [3.05, 3.63) is 23.9 Å². The molecule has 1 atom stereocenters. The summed E-state index contributed by atoms with van der Waals surface area (Å²) in [4.78, 5) is 18.9. The zero-order chi connectivity index (χ0) is 16.1. The van der Waals surface area contributed by atoms with Crippen molar-refractivity contribution in [1.82, 2.24) is 25.0 Å². The Labute approximate surface area is 138 Å². The summed E-state index contributed by atoms with van der Waals surface area (Å²) in [5.41, 5.74) is 1.23. The molecular weight excluding hydrogens is 290 g/mol. The average molecular weight is 317 g/mol. The summed E-state index contributed by atoms with van der Waals surface area (Å²) < 4.78 is 1.94. The number of carbonyl (C=O) groups excluding carboxylic acids is 1. The molecule has 23 heavy (non-hydrogen) atoms. The number of hydrogen-bond donors (Lipinski definition) is 1. The van der Waals surface area contributed by atoms with Gasteiger partial charge in [0, 0.05) is 24.7 Å². The highest BCUT2D eigenvalue weighted by Crippen LogP contribution is 2.21. The predicted octanol–water partition coefficient (Wildman–Crippen LogP) is 1.88. The Bertz CT molecular complexity index is 565. The van der Waals surface area contributed by atoms with Crippen molar-refractivity contribution in [2.45, 2.75) is 64.5 Å². The molecule has 6 heteroatoms. The van der Waals surface area contributed by atoms with Gasteiger partial charge >= 0.3 is 0 Å². The minimum absolute atomic E-state index is 0.199. The molecule has 2 aliphatic rings. The number of fused-ring (bicyclic) bond motifs is 1. The van der Waals surface area contributed by atoms with Crippen LogP contribution in [0.1, 0.15) is 51.3 Å². The average Bonchev–Trinajstić information content (AvgIpc) is 3.06. The Hall–Kier alpha value is -1.69. The first-order valence-corrected chi connectivity index (χ1v) is 8.87. The van der Waals surface area contributed by atoms with Crippen molar-refractivity contribution < 1.29 is 4.79 Å². The van der Waals surface area contributed by atoms with Crippen LogP contribution in [0.15, 0.2) is 18.1 Å². The van der Waals surface area contributed by atoms with Gasteiger partial charge in [0.05, 0.1) is 13.1 Å². The van der Waals surface area contributed by atoms with Crippen LogP contribution < -0.4 is 5.32 Å². The molecule has 1 aliphatic heterocycles. The van der Waals surface area contributed by atoms with Crippen LogP contribution in [0.5, 0.6) is 0 Å². The van der Waals surface area contributed by atoms with E-state index in [9.17, 15) is 4.79 Å². The van der Waals surface area contributed by atoms with Gasteiger partial charge in [-0.1, -0.05) is 13.0 Å². The Balaban J connectivity index is 1.54. The molecule has 2 heterocycles. The van der Waals surface area contributed by atoms with E-state index >= 15 is 0 Å². The maximum absolute atomic E-state index is 12.7. The van der Waals surface area contributed by atoms with Crippen LogP contribution in [0.4, 0.5) is 0 Å². The Kier molecular flexibility index (Phi) is 5.43. The predicted molar refractivity (Wildman–Crippen MR) is 88.7 cm³/mol.